The molecule has 0 radical (unpaired) electrons. The van der Waals surface area contributed by atoms with E-state index in [9.17, 15) is 4.79 Å². The highest BCUT2D eigenvalue weighted by Gasteiger charge is 2.22. The summed E-state index contributed by atoms with van der Waals surface area (Å²) in [7, 11) is 0. The minimum Gasteiger partial charge on any atom is -0.361 e. The van der Waals surface area contributed by atoms with Gasteiger partial charge in [0.25, 0.3) is 0 Å². The Labute approximate surface area is 139 Å². The molecular formula is C19H18N2OS. The summed E-state index contributed by atoms with van der Waals surface area (Å²) >= 11 is 1.87. The van der Waals surface area contributed by atoms with Gasteiger partial charge in [0.2, 0.25) is 5.91 Å². The Morgan fingerprint density at radius 2 is 2.00 bits per heavy atom. The third kappa shape index (κ3) is 2.86. The highest BCUT2D eigenvalue weighted by Crippen LogP contribution is 2.35. The minimum atomic E-state index is 0.0847. The average Bonchev–Trinajstić information content (AvgIpc) is 2.98. The van der Waals surface area contributed by atoms with E-state index in [0.717, 1.165) is 28.6 Å². The number of fused-ring (bicyclic) bond motifs is 2. The first-order valence-corrected chi connectivity index (χ1v) is 8.86. The van der Waals surface area contributed by atoms with Crippen LogP contribution in [0, 0.1) is 0 Å². The van der Waals surface area contributed by atoms with Crippen LogP contribution in [-0.2, 0) is 11.2 Å². The van der Waals surface area contributed by atoms with Crippen molar-refractivity contribution in [1.29, 1.82) is 0 Å². The van der Waals surface area contributed by atoms with Crippen LogP contribution in [0.3, 0.4) is 0 Å². The fourth-order valence-electron chi connectivity index (χ4n) is 3.19. The zero-order valence-corrected chi connectivity index (χ0v) is 13.5. The van der Waals surface area contributed by atoms with Crippen molar-refractivity contribution in [2.45, 2.75) is 23.8 Å². The van der Waals surface area contributed by atoms with Gasteiger partial charge in [-0.25, -0.2) is 0 Å². The first kappa shape index (κ1) is 14.4. The molecule has 23 heavy (non-hydrogen) atoms. The van der Waals surface area contributed by atoms with Gasteiger partial charge in [-0.05, 0) is 29.7 Å². The number of aromatic nitrogens is 1. The minimum absolute atomic E-state index is 0.0847. The number of carbonyl (C=O) groups excluding carboxylic acids is 1. The van der Waals surface area contributed by atoms with Gasteiger partial charge in [-0.2, -0.15) is 0 Å². The molecule has 1 aliphatic rings. The molecule has 4 rings (SSSR count). The van der Waals surface area contributed by atoms with Crippen LogP contribution < -0.4 is 5.32 Å². The first-order valence-electron chi connectivity index (χ1n) is 7.87. The number of benzene rings is 2. The van der Waals surface area contributed by atoms with Gasteiger partial charge in [0, 0.05) is 27.7 Å². The highest BCUT2D eigenvalue weighted by atomic mass is 32.2. The SMILES string of the molecule is O=C(Cc1c[nH]c2ccccc12)N[C@H]1CCSc2ccccc21. The lowest BCUT2D eigenvalue weighted by molar-refractivity contribution is -0.121. The quantitative estimate of drug-likeness (QED) is 0.763. The van der Waals surface area contributed by atoms with E-state index in [0.29, 0.717) is 6.42 Å². The fraction of sp³-hybridized carbons (Fsp3) is 0.211. The van der Waals surface area contributed by atoms with Crippen LogP contribution in [0.15, 0.2) is 59.6 Å². The van der Waals surface area contributed by atoms with E-state index in [2.05, 4.69) is 34.6 Å². The Morgan fingerprint density at radius 3 is 2.96 bits per heavy atom. The van der Waals surface area contributed by atoms with Crippen LogP contribution in [0.5, 0.6) is 0 Å². The summed E-state index contributed by atoms with van der Waals surface area (Å²) in [5, 5.41) is 4.34. The van der Waals surface area contributed by atoms with Crippen LogP contribution >= 0.6 is 11.8 Å². The van der Waals surface area contributed by atoms with Crippen LogP contribution in [0.2, 0.25) is 0 Å². The normalized spacial score (nSPS) is 17.0. The molecule has 0 spiro atoms. The topological polar surface area (TPSA) is 44.9 Å². The highest BCUT2D eigenvalue weighted by molar-refractivity contribution is 7.99. The monoisotopic (exact) mass is 322 g/mol. The van der Waals surface area contributed by atoms with Crippen molar-refractivity contribution in [2.24, 2.45) is 0 Å². The summed E-state index contributed by atoms with van der Waals surface area (Å²) in [5.41, 5.74) is 3.38. The molecule has 1 aliphatic heterocycles. The van der Waals surface area contributed by atoms with Crippen molar-refractivity contribution in [1.82, 2.24) is 10.3 Å². The molecule has 2 N–H and O–H groups in total. The second-order valence-electron chi connectivity index (χ2n) is 5.83. The van der Waals surface area contributed by atoms with E-state index >= 15 is 0 Å². The number of nitrogens with one attached hydrogen (secondary N) is 2. The number of aromatic amines is 1. The molecule has 4 heteroatoms. The zero-order valence-electron chi connectivity index (χ0n) is 12.7. The number of hydrogen-bond acceptors (Lipinski definition) is 2. The van der Waals surface area contributed by atoms with E-state index in [1.54, 1.807) is 0 Å². The molecule has 2 aromatic carbocycles. The number of carbonyl (C=O) groups is 1. The zero-order chi connectivity index (χ0) is 15.6. The summed E-state index contributed by atoms with van der Waals surface area (Å²) in [6.07, 6.45) is 3.34. The van der Waals surface area contributed by atoms with Crippen molar-refractivity contribution < 1.29 is 4.79 Å². The number of para-hydroxylation sites is 1. The summed E-state index contributed by atoms with van der Waals surface area (Å²) in [5.74, 6) is 1.14. The molecule has 0 bridgehead atoms. The number of rotatable bonds is 3. The Hall–Kier alpha value is -2.20. The second-order valence-corrected chi connectivity index (χ2v) is 6.97. The molecule has 2 heterocycles. The summed E-state index contributed by atoms with van der Waals surface area (Å²) in [6.45, 7) is 0. The number of thioether (sulfide) groups is 1. The molecule has 3 nitrogen and oxygen atoms in total. The average molecular weight is 322 g/mol. The molecule has 1 atom stereocenters. The Bertz CT molecular complexity index is 855. The van der Waals surface area contributed by atoms with Crippen LogP contribution in [-0.4, -0.2) is 16.6 Å². The molecule has 0 unspecified atom stereocenters. The van der Waals surface area contributed by atoms with Gasteiger partial charge < -0.3 is 10.3 Å². The number of H-pyrrole nitrogens is 1. The summed E-state index contributed by atoms with van der Waals surface area (Å²) < 4.78 is 0. The number of amides is 1. The first-order chi connectivity index (χ1) is 11.3. The predicted molar refractivity (Wildman–Crippen MR) is 94.7 cm³/mol. The lowest BCUT2D eigenvalue weighted by Crippen LogP contribution is -2.31. The van der Waals surface area contributed by atoms with Gasteiger partial charge in [0.1, 0.15) is 0 Å². The molecular weight excluding hydrogens is 304 g/mol. The fourth-order valence-corrected chi connectivity index (χ4v) is 4.31. The third-order valence-corrected chi connectivity index (χ3v) is 5.44. The van der Waals surface area contributed by atoms with E-state index in [1.807, 2.05) is 42.2 Å². The molecule has 1 amide bonds. The smallest absolute Gasteiger partial charge is 0.224 e. The van der Waals surface area contributed by atoms with Crippen molar-refractivity contribution in [3.63, 3.8) is 0 Å². The van der Waals surface area contributed by atoms with Crippen molar-refractivity contribution >= 4 is 28.6 Å². The maximum Gasteiger partial charge on any atom is 0.224 e. The van der Waals surface area contributed by atoms with Crippen LogP contribution in [0.25, 0.3) is 10.9 Å². The lowest BCUT2D eigenvalue weighted by Gasteiger charge is -2.25. The molecule has 0 fully saturated rings. The standard InChI is InChI=1S/C19H18N2OS/c22-19(11-13-12-20-16-7-3-1-5-14(13)16)21-17-9-10-23-18-8-4-2-6-15(17)18/h1-8,12,17,20H,9-11H2,(H,21,22)/t17-/m0/s1. The van der Waals surface area contributed by atoms with Gasteiger partial charge in [-0.1, -0.05) is 36.4 Å². The maximum absolute atomic E-state index is 12.5. The van der Waals surface area contributed by atoms with Crippen molar-refractivity contribution in [2.75, 3.05) is 5.75 Å². The van der Waals surface area contributed by atoms with E-state index < -0.39 is 0 Å². The molecule has 0 aliphatic carbocycles. The molecule has 1 aromatic heterocycles. The third-order valence-electron chi connectivity index (χ3n) is 4.32. The Balaban J connectivity index is 1.51. The van der Waals surface area contributed by atoms with Gasteiger partial charge >= 0.3 is 0 Å². The molecule has 0 saturated heterocycles. The van der Waals surface area contributed by atoms with E-state index in [1.165, 1.54) is 10.5 Å². The molecule has 116 valence electrons. The molecule has 3 aromatic rings. The second kappa shape index (κ2) is 6.13. The van der Waals surface area contributed by atoms with Gasteiger partial charge in [0.15, 0.2) is 0 Å². The van der Waals surface area contributed by atoms with Crippen molar-refractivity contribution in [3.8, 4) is 0 Å². The van der Waals surface area contributed by atoms with Gasteiger partial charge in [-0.15, -0.1) is 11.8 Å². The Kier molecular flexibility index (Phi) is 3.83. The van der Waals surface area contributed by atoms with Crippen LogP contribution in [0.4, 0.5) is 0 Å². The summed E-state index contributed by atoms with van der Waals surface area (Å²) in [4.78, 5) is 17.0. The van der Waals surface area contributed by atoms with Crippen LogP contribution in [0.1, 0.15) is 23.6 Å². The summed E-state index contributed by atoms with van der Waals surface area (Å²) in [6, 6.07) is 16.6. The van der Waals surface area contributed by atoms with Crippen molar-refractivity contribution in [3.05, 3.63) is 65.9 Å². The predicted octanol–water partition coefficient (Wildman–Crippen LogP) is 4.06. The largest absolute Gasteiger partial charge is 0.361 e. The molecule has 0 saturated carbocycles. The van der Waals surface area contributed by atoms with E-state index in [-0.39, 0.29) is 11.9 Å². The maximum atomic E-state index is 12.5. The van der Waals surface area contributed by atoms with Gasteiger partial charge in [0.05, 0.1) is 12.5 Å². The Morgan fingerprint density at radius 1 is 1.17 bits per heavy atom. The van der Waals surface area contributed by atoms with E-state index in [4.69, 9.17) is 0 Å². The lowest BCUT2D eigenvalue weighted by atomic mass is 10.0. The van der Waals surface area contributed by atoms with Gasteiger partial charge in [-0.3, -0.25) is 4.79 Å². The number of hydrogen-bond donors (Lipinski definition) is 2.